The SMILES string of the molecule is COC[C@H](C)NC(=O)NCc1ccnc(N2CCN(C)CC2)c1. The normalized spacial score (nSPS) is 16.9. The Morgan fingerprint density at radius 2 is 2.13 bits per heavy atom. The highest BCUT2D eigenvalue weighted by atomic mass is 16.5. The summed E-state index contributed by atoms with van der Waals surface area (Å²) in [5.41, 5.74) is 1.04. The maximum absolute atomic E-state index is 11.8. The second kappa shape index (κ2) is 8.69. The number of ether oxygens (including phenoxy) is 1. The first-order chi connectivity index (χ1) is 11.1. The highest BCUT2D eigenvalue weighted by Crippen LogP contribution is 2.14. The predicted octanol–water partition coefficient (Wildman–Crippen LogP) is 0.668. The summed E-state index contributed by atoms with van der Waals surface area (Å²) >= 11 is 0. The van der Waals surface area contributed by atoms with Crippen LogP contribution in [0.4, 0.5) is 10.6 Å². The third kappa shape index (κ3) is 5.69. The van der Waals surface area contributed by atoms with Crippen LogP contribution in [0.3, 0.4) is 0 Å². The molecule has 0 aliphatic carbocycles. The van der Waals surface area contributed by atoms with Crippen LogP contribution < -0.4 is 15.5 Å². The van der Waals surface area contributed by atoms with Crippen LogP contribution in [-0.2, 0) is 11.3 Å². The Kier molecular flexibility index (Phi) is 6.61. The molecule has 0 radical (unpaired) electrons. The predicted molar refractivity (Wildman–Crippen MR) is 90.7 cm³/mol. The van der Waals surface area contributed by atoms with Gasteiger partial charge in [-0.05, 0) is 31.7 Å². The molecule has 7 heteroatoms. The number of hydrogen-bond acceptors (Lipinski definition) is 5. The van der Waals surface area contributed by atoms with Crippen molar-refractivity contribution in [2.45, 2.75) is 19.5 Å². The van der Waals surface area contributed by atoms with Crippen LogP contribution in [0.15, 0.2) is 18.3 Å². The quantitative estimate of drug-likeness (QED) is 0.806. The fourth-order valence-electron chi connectivity index (χ4n) is 2.53. The highest BCUT2D eigenvalue weighted by molar-refractivity contribution is 5.74. The van der Waals surface area contributed by atoms with E-state index in [2.05, 4.69) is 32.5 Å². The second-order valence-corrected chi connectivity index (χ2v) is 6.00. The van der Waals surface area contributed by atoms with Crippen molar-refractivity contribution in [2.24, 2.45) is 0 Å². The third-order valence-corrected chi connectivity index (χ3v) is 3.88. The summed E-state index contributed by atoms with van der Waals surface area (Å²) in [5.74, 6) is 0.977. The molecule has 2 rings (SSSR count). The van der Waals surface area contributed by atoms with Gasteiger partial charge in [-0.1, -0.05) is 0 Å². The van der Waals surface area contributed by atoms with Gasteiger partial charge in [-0.3, -0.25) is 0 Å². The maximum Gasteiger partial charge on any atom is 0.315 e. The molecule has 1 aromatic rings. The average Bonchev–Trinajstić information content (AvgIpc) is 2.54. The Balaban J connectivity index is 1.84. The fraction of sp³-hybridized carbons (Fsp3) is 0.625. The molecule has 0 spiro atoms. The Morgan fingerprint density at radius 3 is 2.83 bits per heavy atom. The van der Waals surface area contributed by atoms with Gasteiger partial charge in [0.2, 0.25) is 0 Å². The topological polar surface area (TPSA) is 69.7 Å². The van der Waals surface area contributed by atoms with Crippen molar-refractivity contribution >= 4 is 11.8 Å². The second-order valence-electron chi connectivity index (χ2n) is 6.00. The molecule has 23 heavy (non-hydrogen) atoms. The van der Waals surface area contributed by atoms with Crippen LogP contribution in [0.1, 0.15) is 12.5 Å². The average molecular weight is 321 g/mol. The molecule has 2 amide bonds. The fourth-order valence-corrected chi connectivity index (χ4v) is 2.53. The number of pyridine rings is 1. The molecule has 1 atom stereocenters. The third-order valence-electron chi connectivity index (χ3n) is 3.88. The first kappa shape index (κ1) is 17.5. The molecule has 1 saturated heterocycles. The summed E-state index contributed by atoms with van der Waals surface area (Å²) in [5, 5.41) is 5.69. The smallest absolute Gasteiger partial charge is 0.315 e. The van der Waals surface area contributed by atoms with E-state index in [0.29, 0.717) is 13.2 Å². The summed E-state index contributed by atoms with van der Waals surface area (Å²) in [7, 11) is 3.75. The molecule has 1 aromatic heterocycles. The molecule has 0 saturated carbocycles. The zero-order valence-electron chi connectivity index (χ0n) is 14.2. The summed E-state index contributed by atoms with van der Waals surface area (Å²) in [6.45, 7) is 6.94. The number of likely N-dealkylation sites (N-methyl/N-ethyl adjacent to an activating group) is 1. The first-order valence-corrected chi connectivity index (χ1v) is 8.00. The van der Waals surface area contributed by atoms with E-state index in [1.54, 1.807) is 13.3 Å². The number of nitrogens with one attached hydrogen (secondary N) is 2. The van der Waals surface area contributed by atoms with Gasteiger partial charge in [0.15, 0.2) is 0 Å². The lowest BCUT2D eigenvalue weighted by Gasteiger charge is -2.33. The summed E-state index contributed by atoms with van der Waals surface area (Å²) < 4.78 is 5.00. The minimum absolute atomic E-state index is 0.0154. The lowest BCUT2D eigenvalue weighted by molar-refractivity contribution is 0.171. The minimum Gasteiger partial charge on any atom is -0.383 e. The summed E-state index contributed by atoms with van der Waals surface area (Å²) in [4.78, 5) is 20.9. The lowest BCUT2D eigenvalue weighted by Crippen LogP contribution is -2.45. The summed E-state index contributed by atoms with van der Waals surface area (Å²) in [6.07, 6.45) is 1.80. The van der Waals surface area contributed by atoms with Gasteiger partial charge in [0.05, 0.1) is 12.6 Å². The number of amides is 2. The maximum atomic E-state index is 11.8. The number of carbonyl (C=O) groups excluding carboxylic acids is 1. The van der Waals surface area contributed by atoms with E-state index in [4.69, 9.17) is 4.74 Å². The Hall–Kier alpha value is -1.86. The Morgan fingerprint density at radius 1 is 1.39 bits per heavy atom. The zero-order valence-corrected chi connectivity index (χ0v) is 14.2. The Labute approximate surface area is 138 Å². The van der Waals surface area contributed by atoms with Crippen molar-refractivity contribution in [3.63, 3.8) is 0 Å². The molecular weight excluding hydrogens is 294 g/mol. The highest BCUT2D eigenvalue weighted by Gasteiger charge is 2.15. The van der Waals surface area contributed by atoms with Crippen LogP contribution in [0, 0.1) is 0 Å². The first-order valence-electron chi connectivity index (χ1n) is 8.00. The van der Waals surface area contributed by atoms with Crippen molar-refractivity contribution in [2.75, 3.05) is 51.8 Å². The van der Waals surface area contributed by atoms with Gasteiger partial charge in [0.1, 0.15) is 5.82 Å². The van der Waals surface area contributed by atoms with Crippen molar-refractivity contribution in [3.05, 3.63) is 23.9 Å². The van der Waals surface area contributed by atoms with E-state index in [0.717, 1.165) is 37.6 Å². The number of carbonyl (C=O) groups is 1. The molecule has 2 heterocycles. The standard InChI is InChI=1S/C16H27N5O2/c1-13(12-23-3)19-16(22)18-11-14-4-5-17-15(10-14)21-8-6-20(2)7-9-21/h4-5,10,13H,6-9,11-12H2,1-3H3,(H2,18,19,22)/t13-/m0/s1. The van der Waals surface area contributed by atoms with Gasteiger partial charge in [0.25, 0.3) is 0 Å². The van der Waals surface area contributed by atoms with E-state index >= 15 is 0 Å². The zero-order chi connectivity index (χ0) is 16.7. The van der Waals surface area contributed by atoms with Crippen LogP contribution in [0.25, 0.3) is 0 Å². The van der Waals surface area contributed by atoms with Gasteiger partial charge in [-0.2, -0.15) is 0 Å². The van der Waals surface area contributed by atoms with Crippen molar-refractivity contribution in [1.29, 1.82) is 0 Å². The number of aromatic nitrogens is 1. The minimum atomic E-state index is -0.187. The number of hydrogen-bond donors (Lipinski definition) is 2. The molecule has 0 aromatic carbocycles. The molecule has 7 nitrogen and oxygen atoms in total. The van der Waals surface area contributed by atoms with Gasteiger partial charge in [-0.15, -0.1) is 0 Å². The molecule has 1 fully saturated rings. The number of nitrogens with zero attached hydrogens (tertiary/aromatic N) is 3. The number of piperazine rings is 1. The summed E-state index contributed by atoms with van der Waals surface area (Å²) in [6, 6.07) is 3.77. The van der Waals surface area contributed by atoms with E-state index in [9.17, 15) is 4.79 Å². The van der Waals surface area contributed by atoms with Gasteiger partial charge >= 0.3 is 6.03 Å². The number of urea groups is 1. The van der Waals surface area contributed by atoms with E-state index in [1.165, 1.54) is 0 Å². The van der Waals surface area contributed by atoms with Crippen LogP contribution in [-0.4, -0.2) is 68.9 Å². The van der Waals surface area contributed by atoms with E-state index in [1.807, 2.05) is 19.1 Å². The number of anilines is 1. The molecular formula is C16H27N5O2. The molecule has 1 aliphatic rings. The van der Waals surface area contributed by atoms with Gasteiger partial charge in [0, 0.05) is 46.0 Å². The number of rotatable bonds is 6. The largest absolute Gasteiger partial charge is 0.383 e. The lowest BCUT2D eigenvalue weighted by atomic mass is 10.2. The van der Waals surface area contributed by atoms with Crippen LogP contribution >= 0.6 is 0 Å². The number of methoxy groups -OCH3 is 1. The van der Waals surface area contributed by atoms with Crippen LogP contribution in [0.2, 0.25) is 0 Å². The van der Waals surface area contributed by atoms with E-state index < -0.39 is 0 Å². The molecule has 0 unspecified atom stereocenters. The van der Waals surface area contributed by atoms with Gasteiger partial charge in [-0.25, -0.2) is 9.78 Å². The van der Waals surface area contributed by atoms with Crippen molar-refractivity contribution < 1.29 is 9.53 Å². The molecule has 2 N–H and O–H groups in total. The molecule has 128 valence electrons. The van der Waals surface area contributed by atoms with Crippen molar-refractivity contribution in [1.82, 2.24) is 20.5 Å². The Bertz CT molecular complexity index is 503. The molecule has 1 aliphatic heterocycles. The molecule has 0 bridgehead atoms. The monoisotopic (exact) mass is 321 g/mol. The van der Waals surface area contributed by atoms with Crippen molar-refractivity contribution in [3.8, 4) is 0 Å². The van der Waals surface area contributed by atoms with Crippen LogP contribution in [0.5, 0.6) is 0 Å². The van der Waals surface area contributed by atoms with Gasteiger partial charge < -0.3 is 25.2 Å². The van der Waals surface area contributed by atoms with E-state index in [-0.39, 0.29) is 12.1 Å².